The number of hydrogen-bond donors (Lipinski definition) is 2. The van der Waals surface area contributed by atoms with Crippen LogP contribution in [0.2, 0.25) is 0 Å². The number of anilines is 1. The van der Waals surface area contributed by atoms with E-state index in [1.54, 1.807) is 0 Å². The highest BCUT2D eigenvalue weighted by molar-refractivity contribution is 7.20. The summed E-state index contributed by atoms with van der Waals surface area (Å²) in [5.74, 6) is 0.743. The maximum atomic E-state index is 12.1. The van der Waals surface area contributed by atoms with Gasteiger partial charge in [0, 0.05) is 13.2 Å². The van der Waals surface area contributed by atoms with Crippen molar-refractivity contribution in [1.29, 1.82) is 0 Å². The average Bonchev–Trinajstić information content (AvgIpc) is 3.08. The van der Waals surface area contributed by atoms with Gasteiger partial charge in [-0.3, -0.25) is 4.79 Å². The lowest BCUT2D eigenvalue weighted by Gasteiger charge is -2.12. The van der Waals surface area contributed by atoms with E-state index in [-0.39, 0.29) is 11.9 Å². The maximum absolute atomic E-state index is 12.1. The molecule has 0 bridgehead atoms. The minimum Gasteiger partial charge on any atom is -0.379 e. The summed E-state index contributed by atoms with van der Waals surface area (Å²) in [6, 6.07) is 0.273. The first kappa shape index (κ1) is 14.2. The van der Waals surface area contributed by atoms with Gasteiger partial charge in [-0.1, -0.05) is 0 Å². The van der Waals surface area contributed by atoms with E-state index in [0.29, 0.717) is 18.0 Å². The van der Waals surface area contributed by atoms with Crippen molar-refractivity contribution < 1.29 is 9.53 Å². The summed E-state index contributed by atoms with van der Waals surface area (Å²) in [6.45, 7) is 5.94. The molecule has 1 unspecified atom stereocenters. The Bertz CT molecular complexity index is 664. The molecule has 7 heteroatoms. The van der Waals surface area contributed by atoms with E-state index in [2.05, 4.69) is 20.6 Å². The standard InChI is InChI=1S/C14H18N4O2S/c1-3-15-13(19)11-8(2)10-12(16-7-17-14(10)21-11)18-9-4-5-20-6-9/h7,9H,3-6H2,1-2H3,(H,15,19)(H,16,17,18). The number of carbonyl (C=O) groups is 1. The first-order valence-electron chi connectivity index (χ1n) is 7.07. The van der Waals surface area contributed by atoms with Crippen LogP contribution in [0, 0.1) is 6.92 Å². The van der Waals surface area contributed by atoms with Crippen LogP contribution >= 0.6 is 11.3 Å². The molecule has 6 nitrogen and oxygen atoms in total. The van der Waals surface area contributed by atoms with Crippen molar-refractivity contribution in [2.24, 2.45) is 0 Å². The second kappa shape index (κ2) is 5.95. The van der Waals surface area contributed by atoms with Gasteiger partial charge in [0.1, 0.15) is 17.0 Å². The van der Waals surface area contributed by atoms with E-state index in [1.807, 2.05) is 13.8 Å². The van der Waals surface area contributed by atoms with Gasteiger partial charge in [-0.2, -0.15) is 0 Å². The number of ether oxygens (including phenoxy) is 1. The minimum absolute atomic E-state index is 0.0480. The first-order chi connectivity index (χ1) is 10.2. The van der Waals surface area contributed by atoms with Crippen LogP contribution in [0.5, 0.6) is 0 Å². The van der Waals surface area contributed by atoms with Crippen LogP contribution in [0.1, 0.15) is 28.6 Å². The molecule has 0 aliphatic carbocycles. The smallest absolute Gasteiger partial charge is 0.261 e. The van der Waals surface area contributed by atoms with Gasteiger partial charge in [0.2, 0.25) is 0 Å². The summed E-state index contributed by atoms with van der Waals surface area (Å²) < 4.78 is 5.38. The van der Waals surface area contributed by atoms with Gasteiger partial charge < -0.3 is 15.4 Å². The molecule has 1 aliphatic heterocycles. The van der Waals surface area contributed by atoms with E-state index >= 15 is 0 Å². The number of aromatic nitrogens is 2. The highest BCUT2D eigenvalue weighted by Crippen LogP contribution is 2.33. The fraction of sp³-hybridized carbons (Fsp3) is 0.500. The fourth-order valence-electron chi connectivity index (χ4n) is 2.48. The molecule has 1 atom stereocenters. The average molecular weight is 306 g/mol. The monoisotopic (exact) mass is 306 g/mol. The van der Waals surface area contributed by atoms with Gasteiger partial charge in [-0.15, -0.1) is 11.3 Å². The quantitative estimate of drug-likeness (QED) is 0.903. The number of amides is 1. The van der Waals surface area contributed by atoms with Crippen molar-refractivity contribution >= 4 is 33.3 Å². The number of nitrogens with zero attached hydrogens (tertiary/aromatic N) is 2. The molecule has 0 spiro atoms. The lowest BCUT2D eigenvalue weighted by Crippen LogP contribution is -2.22. The number of carbonyl (C=O) groups excluding carboxylic acids is 1. The maximum Gasteiger partial charge on any atom is 0.261 e. The molecule has 112 valence electrons. The predicted molar refractivity (Wildman–Crippen MR) is 83.0 cm³/mol. The number of aryl methyl sites for hydroxylation is 1. The molecule has 3 rings (SSSR count). The van der Waals surface area contributed by atoms with Crippen LogP contribution in [-0.2, 0) is 4.74 Å². The summed E-state index contributed by atoms with van der Waals surface area (Å²) in [5.41, 5.74) is 0.933. The summed E-state index contributed by atoms with van der Waals surface area (Å²) in [5, 5.41) is 7.19. The predicted octanol–water partition coefficient (Wildman–Crippen LogP) is 1.95. The largest absolute Gasteiger partial charge is 0.379 e. The van der Waals surface area contributed by atoms with Gasteiger partial charge in [-0.05, 0) is 25.8 Å². The molecule has 3 heterocycles. The molecule has 1 fully saturated rings. The molecule has 2 N–H and O–H groups in total. The number of nitrogens with one attached hydrogen (secondary N) is 2. The molecule has 1 aliphatic rings. The van der Waals surface area contributed by atoms with Crippen LogP contribution in [-0.4, -0.2) is 41.7 Å². The zero-order valence-corrected chi connectivity index (χ0v) is 12.9. The summed E-state index contributed by atoms with van der Waals surface area (Å²) >= 11 is 1.41. The Morgan fingerprint density at radius 1 is 1.52 bits per heavy atom. The van der Waals surface area contributed by atoms with Crippen molar-refractivity contribution in [2.45, 2.75) is 26.3 Å². The van der Waals surface area contributed by atoms with E-state index in [9.17, 15) is 4.79 Å². The molecule has 0 saturated carbocycles. The summed E-state index contributed by atoms with van der Waals surface area (Å²) in [7, 11) is 0. The zero-order chi connectivity index (χ0) is 14.8. The first-order valence-corrected chi connectivity index (χ1v) is 7.89. The Morgan fingerprint density at radius 2 is 2.38 bits per heavy atom. The van der Waals surface area contributed by atoms with E-state index in [4.69, 9.17) is 4.74 Å². The normalized spacial score (nSPS) is 18.1. The lowest BCUT2D eigenvalue weighted by atomic mass is 10.2. The third-order valence-corrected chi connectivity index (χ3v) is 4.74. The van der Waals surface area contributed by atoms with Crippen molar-refractivity contribution in [3.8, 4) is 0 Å². The molecule has 0 radical (unpaired) electrons. The van der Waals surface area contributed by atoms with Gasteiger partial charge in [-0.25, -0.2) is 9.97 Å². The number of fused-ring (bicyclic) bond motifs is 1. The van der Waals surface area contributed by atoms with Crippen molar-refractivity contribution in [3.05, 3.63) is 16.8 Å². The lowest BCUT2D eigenvalue weighted by molar-refractivity contribution is 0.0959. The molecule has 1 amide bonds. The zero-order valence-electron chi connectivity index (χ0n) is 12.1. The Balaban J connectivity index is 1.99. The molecular formula is C14H18N4O2S. The van der Waals surface area contributed by atoms with Gasteiger partial charge in [0.15, 0.2) is 0 Å². The van der Waals surface area contributed by atoms with Crippen LogP contribution in [0.4, 0.5) is 5.82 Å². The molecule has 1 saturated heterocycles. The molecule has 2 aromatic rings. The third kappa shape index (κ3) is 2.71. The second-order valence-electron chi connectivity index (χ2n) is 5.02. The third-order valence-electron chi connectivity index (χ3n) is 3.54. The van der Waals surface area contributed by atoms with Crippen molar-refractivity contribution in [2.75, 3.05) is 25.1 Å². The fourth-order valence-corrected chi connectivity index (χ4v) is 3.55. The topological polar surface area (TPSA) is 76.1 Å². The summed E-state index contributed by atoms with van der Waals surface area (Å²) in [6.07, 6.45) is 2.51. The van der Waals surface area contributed by atoms with Crippen molar-refractivity contribution in [1.82, 2.24) is 15.3 Å². The van der Waals surface area contributed by atoms with Crippen LogP contribution in [0.25, 0.3) is 10.2 Å². The number of thiophene rings is 1. The van der Waals surface area contributed by atoms with E-state index in [0.717, 1.165) is 34.6 Å². The van der Waals surface area contributed by atoms with Crippen LogP contribution in [0.3, 0.4) is 0 Å². The second-order valence-corrected chi connectivity index (χ2v) is 6.02. The minimum atomic E-state index is -0.0480. The van der Waals surface area contributed by atoms with Gasteiger partial charge >= 0.3 is 0 Å². The van der Waals surface area contributed by atoms with Crippen LogP contribution in [0.15, 0.2) is 6.33 Å². The van der Waals surface area contributed by atoms with Crippen LogP contribution < -0.4 is 10.6 Å². The molecule has 0 aromatic carbocycles. The number of rotatable bonds is 4. The van der Waals surface area contributed by atoms with Crippen molar-refractivity contribution in [3.63, 3.8) is 0 Å². The highest BCUT2D eigenvalue weighted by Gasteiger charge is 2.21. The molecular weight excluding hydrogens is 288 g/mol. The van der Waals surface area contributed by atoms with Gasteiger partial charge in [0.25, 0.3) is 5.91 Å². The number of hydrogen-bond acceptors (Lipinski definition) is 6. The summed E-state index contributed by atoms with van der Waals surface area (Å²) in [4.78, 5) is 22.3. The Labute approximate surface area is 126 Å². The van der Waals surface area contributed by atoms with E-state index < -0.39 is 0 Å². The Hall–Kier alpha value is -1.73. The van der Waals surface area contributed by atoms with Gasteiger partial charge in [0.05, 0.1) is 22.9 Å². The molecule has 2 aromatic heterocycles. The Kier molecular flexibility index (Phi) is 4.03. The molecule has 21 heavy (non-hydrogen) atoms. The van der Waals surface area contributed by atoms with E-state index in [1.165, 1.54) is 17.7 Å². The highest BCUT2D eigenvalue weighted by atomic mass is 32.1. The SMILES string of the molecule is CCNC(=O)c1sc2ncnc(NC3CCOC3)c2c1C. The Morgan fingerprint density at radius 3 is 3.10 bits per heavy atom.